The van der Waals surface area contributed by atoms with Gasteiger partial charge >= 0.3 is 6.03 Å². The van der Waals surface area contributed by atoms with E-state index < -0.39 is 17.5 Å². The quantitative estimate of drug-likeness (QED) is 0.738. The minimum Gasteiger partial charge on any atom is -0.352 e. The molecule has 0 unspecified atom stereocenters. The number of rotatable bonds is 6. The van der Waals surface area contributed by atoms with Gasteiger partial charge in [0.15, 0.2) is 0 Å². The molecule has 2 rings (SSSR count). The van der Waals surface area contributed by atoms with E-state index in [2.05, 4.69) is 10.6 Å². The van der Waals surface area contributed by atoms with Gasteiger partial charge in [-0.25, -0.2) is 4.79 Å². The topological polar surface area (TPSA) is 78.5 Å². The van der Waals surface area contributed by atoms with Crippen LogP contribution in [0.3, 0.4) is 0 Å². The van der Waals surface area contributed by atoms with Crippen molar-refractivity contribution >= 4 is 41.0 Å². The Hall–Kier alpha value is -1.79. The van der Waals surface area contributed by atoms with Crippen molar-refractivity contribution in [1.82, 2.24) is 15.5 Å². The van der Waals surface area contributed by atoms with Gasteiger partial charge < -0.3 is 10.6 Å². The molecule has 0 saturated carbocycles. The number of benzene rings is 1. The lowest BCUT2D eigenvalue weighted by molar-refractivity contribution is -0.135. The Morgan fingerprint density at radius 1 is 1.36 bits per heavy atom. The van der Waals surface area contributed by atoms with Gasteiger partial charge in [-0.15, -0.1) is 0 Å². The van der Waals surface area contributed by atoms with E-state index in [0.29, 0.717) is 10.6 Å². The molecule has 1 aliphatic rings. The molecule has 136 valence electrons. The number of nitrogens with one attached hydrogen (secondary N) is 2. The molecule has 0 spiro atoms. The Bertz CT molecular complexity index is 710. The van der Waals surface area contributed by atoms with E-state index in [1.54, 1.807) is 19.1 Å². The van der Waals surface area contributed by atoms with Gasteiger partial charge in [-0.3, -0.25) is 14.5 Å². The van der Waals surface area contributed by atoms with Crippen molar-refractivity contribution in [2.75, 3.05) is 6.54 Å². The highest BCUT2D eigenvalue weighted by Crippen LogP contribution is 2.34. The number of carbonyl (C=O) groups excluding carboxylic acids is 3. The zero-order chi connectivity index (χ0) is 18.8. The number of imide groups is 1. The number of hydrogen-bond donors (Lipinski definition) is 2. The molecule has 2 N–H and O–H groups in total. The first-order valence-electron chi connectivity index (χ1n) is 8.08. The van der Waals surface area contributed by atoms with Crippen LogP contribution in [0.2, 0.25) is 10.0 Å². The Labute approximate surface area is 156 Å². The van der Waals surface area contributed by atoms with Gasteiger partial charge in [0.1, 0.15) is 12.1 Å². The van der Waals surface area contributed by atoms with Crippen molar-refractivity contribution < 1.29 is 14.4 Å². The van der Waals surface area contributed by atoms with Gasteiger partial charge in [-0.2, -0.15) is 0 Å². The molecule has 6 nitrogen and oxygen atoms in total. The van der Waals surface area contributed by atoms with Crippen molar-refractivity contribution in [1.29, 1.82) is 0 Å². The minimum absolute atomic E-state index is 0.0182. The lowest BCUT2D eigenvalue weighted by Gasteiger charge is -2.23. The molecule has 4 amide bonds. The number of nitrogens with zero attached hydrogens (tertiary/aromatic N) is 1. The second kappa shape index (κ2) is 7.62. The Kier molecular flexibility index (Phi) is 5.95. The van der Waals surface area contributed by atoms with E-state index in [0.717, 1.165) is 17.7 Å². The molecule has 0 radical (unpaired) electrons. The summed E-state index contributed by atoms with van der Waals surface area (Å²) in [4.78, 5) is 38.0. The molecule has 0 bridgehead atoms. The van der Waals surface area contributed by atoms with Crippen molar-refractivity contribution in [3.8, 4) is 0 Å². The molecule has 1 fully saturated rings. The van der Waals surface area contributed by atoms with Crippen LogP contribution in [0.15, 0.2) is 18.2 Å². The molecule has 25 heavy (non-hydrogen) atoms. The molecule has 1 heterocycles. The number of hydrogen-bond acceptors (Lipinski definition) is 3. The smallest absolute Gasteiger partial charge is 0.325 e. The summed E-state index contributed by atoms with van der Waals surface area (Å²) in [7, 11) is 0. The summed E-state index contributed by atoms with van der Waals surface area (Å²) >= 11 is 12.1. The van der Waals surface area contributed by atoms with Crippen LogP contribution in [-0.4, -0.2) is 35.3 Å². The van der Waals surface area contributed by atoms with Crippen LogP contribution in [0.25, 0.3) is 0 Å². The lowest BCUT2D eigenvalue weighted by atomic mass is 9.92. The molecule has 0 aromatic heterocycles. The van der Waals surface area contributed by atoms with Crippen molar-refractivity contribution in [3.63, 3.8) is 0 Å². The summed E-state index contributed by atoms with van der Waals surface area (Å²) < 4.78 is 0. The first-order chi connectivity index (χ1) is 11.7. The molecule has 1 aliphatic heterocycles. The minimum atomic E-state index is -1.34. The second-order valence-electron chi connectivity index (χ2n) is 6.33. The summed E-state index contributed by atoms with van der Waals surface area (Å²) in [5.41, 5.74) is -0.909. The van der Waals surface area contributed by atoms with Crippen LogP contribution < -0.4 is 10.6 Å². The van der Waals surface area contributed by atoms with Gasteiger partial charge in [0.2, 0.25) is 5.91 Å². The normalized spacial score (nSPS) is 21.2. The molecule has 1 saturated heterocycles. The van der Waals surface area contributed by atoms with E-state index in [4.69, 9.17) is 23.2 Å². The summed E-state index contributed by atoms with van der Waals surface area (Å²) in [6, 6.07) is 4.04. The van der Waals surface area contributed by atoms with Gasteiger partial charge in [0, 0.05) is 21.7 Å². The molecule has 2 atom stereocenters. The number of urea groups is 1. The predicted octanol–water partition coefficient (Wildman–Crippen LogP) is 3.07. The van der Waals surface area contributed by atoms with Gasteiger partial charge in [-0.05, 0) is 32.4 Å². The van der Waals surface area contributed by atoms with Crippen LogP contribution in [0, 0.1) is 0 Å². The summed E-state index contributed by atoms with van der Waals surface area (Å²) in [5.74, 6) is -0.907. The average Bonchev–Trinajstić information content (AvgIpc) is 2.71. The monoisotopic (exact) mass is 385 g/mol. The maximum atomic E-state index is 12.8. The molecule has 8 heteroatoms. The standard InChI is InChI=1S/C17H21Cl2N3O3/c1-4-5-10(2)20-14(23)9-22-15(24)17(3,21-16(22)25)12-7-6-11(18)8-13(12)19/h6-8,10H,4-5,9H2,1-3H3,(H,20,23)(H,21,25)/t10-,17+/m1/s1. The lowest BCUT2D eigenvalue weighted by Crippen LogP contribution is -2.45. The summed E-state index contributed by atoms with van der Waals surface area (Å²) in [5, 5.41) is 6.09. The van der Waals surface area contributed by atoms with Crippen molar-refractivity contribution in [2.45, 2.75) is 45.2 Å². The van der Waals surface area contributed by atoms with E-state index in [1.807, 2.05) is 13.8 Å². The van der Waals surface area contributed by atoms with E-state index in [9.17, 15) is 14.4 Å². The number of carbonyl (C=O) groups is 3. The third kappa shape index (κ3) is 4.07. The zero-order valence-electron chi connectivity index (χ0n) is 14.4. The molecule has 1 aromatic rings. The fourth-order valence-electron chi connectivity index (χ4n) is 2.89. The van der Waals surface area contributed by atoms with E-state index in [-0.39, 0.29) is 23.5 Å². The first-order valence-corrected chi connectivity index (χ1v) is 8.83. The number of amides is 4. The highest BCUT2D eigenvalue weighted by atomic mass is 35.5. The maximum Gasteiger partial charge on any atom is 0.325 e. The van der Waals surface area contributed by atoms with Crippen LogP contribution >= 0.6 is 23.2 Å². The highest BCUT2D eigenvalue weighted by Gasteiger charge is 2.50. The Morgan fingerprint density at radius 3 is 2.64 bits per heavy atom. The third-order valence-corrected chi connectivity index (χ3v) is 4.72. The Balaban J connectivity index is 2.17. The fourth-order valence-corrected chi connectivity index (χ4v) is 3.48. The predicted molar refractivity (Wildman–Crippen MR) is 96.6 cm³/mol. The maximum absolute atomic E-state index is 12.8. The first kappa shape index (κ1) is 19.5. The number of halogens is 2. The van der Waals surface area contributed by atoms with E-state index >= 15 is 0 Å². The van der Waals surface area contributed by atoms with Crippen LogP contribution in [0.1, 0.15) is 39.2 Å². The van der Waals surface area contributed by atoms with Gasteiger partial charge in [-0.1, -0.05) is 42.6 Å². The largest absolute Gasteiger partial charge is 0.352 e. The molecular formula is C17H21Cl2N3O3. The summed E-state index contributed by atoms with van der Waals surface area (Å²) in [6.45, 7) is 5.12. The zero-order valence-corrected chi connectivity index (χ0v) is 15.9. The molecule has 0 aliphatic carbocycles. The highest BCUT2D eigenvalue weighted by molar-refractivity contribution is 6.35. The van der Waals surface area contributed by atoms with Gasteiger partial charge in [0.05, 0.1) is 0 Å². The van der Waals surface area contributed by atoms with Crippen molar-refractivity contribution in [2.24, 2.45) is 0 Å². The SMILES string of the molecule is CCC[C@@H](C)NC(=O)CN1C(=O)N[C@@](C)(c2ccc(Cl)cc2Cl)C1=O. The summed E-state index contributed by atoms with van der Waals surface area (Å²) in [6.07, 6.45) is 1.75. The Morgan fingerprint density at radius 2 is 2.04 bits per heavy atom. The van der Waals surface area contributed by atoms with Crippen LogP contribution in [-0.2, 0) is 15.1 Å². The fraction of sp³-hybridized carbons (Fsp3) is 0.471. The second-order valence-corrected chi connectivity index (χ2v) is 7.17. The van der Waals surface area contributed by atoms with E-state index in [1.165, 1.54) is 6.07 Å². The van der Waals surface area contributed by atoms with Gasteiger partial charge in [0.25, 0.3) is 5.91 Å². The third-order valence-electron chi connectivity index (χ3n) is 4.18. The van der Waals surface area contributed by atoms with Crippen LogP contribution in [0.5, 0.6) is 0 Å². The van der Waals surface area contributed by atoms with Crippen LogP contribution in [0.4, 0.5) is 4.79 Å². The van der Waals surface area contributed by atoms with Crippen molar-refractivity contribution in [3.05, 3.63) is 33.8 Å². The average molecular weight is 386 g/mol. The molecule has 1 aromatic carbocycles. The molecular weight excluding hydrogens is 365 g/mol.